The van der Waals surface area contributed by atoms with Crippen LogP contribution in [0.1, 0.15) is 31.9 Å². The summed E-state index contributed by atoms with van der Waals surface area (Å²) in [5.41, 5.74) is 1.08. The zero-order valence-corrected chi connectivity index (χ0v) is 18.4. The molecule has 2 aromatic rings. The molecule has 3 rings (SSSR count). The van der Waals surface area contributed by atoms with Gasteiger partial charge in [-0.05, 0) is 45.2 Å². The van der Waals surface area contributed by atoms with Crippen molar-refractivity contribution in [1.29, 1.82) is 0 Å². The molecule has 0 amide bonds. The van der Waals surface area contributed by atoms with Crippen molar-refractivity contribution in [2.24, 2.45) is 4.99 Å². The Kier molecular flexibility index (Phi) is 8.42. The zero-order chi connectivity index (χ0) is 19.6. The minimum Gasteiger partial charge on any atom is -0.357 e. The molecule has 6 nitrogen and oxygen atoms in total. The van der Waals surface area contributed by atoms with Gasteiger partial charge in [-0.1, -0.05) is 17.8 Å². The summed E-state index contributed by atoms with van der Waals surface area (Å²) in [7, 11) is 0. The van der Waals surface area contributed by atoms with Gasteiger partial charge in [0.25, 0.3) is 0 Å². The second kappa shape index (κ2) is 11.3. The minimum atomic E-state index is 0.462. The SMILES string of the molecule is CCNC(=NCCCSc1nccs1)NC1CCN(c2cccc(C)n2)CC1. The van der Waals surface area contributed by atoms with Crippen LogP contribution in [0, 0.1) is 6.92 Å². The molecule has 3 heterocycles. The van der Waals surface area contributed by atoms with Gasteiger partial charge in [-0.15, -0.1) is 11.3 Å². The van der Waals surface area contributed by atoms with Gasteiger partial charge in [0.05, 0.1) is 0 Å². The molecule has 1 saturated heterocycles. The van der Waals surface area contributed by atoms with Crippen LogP contribution in [0.5, 0.6) is 0 Å². The smallest absolute Gasteiger partial charge is 0.191 e. The number of thiazole rings is 1. The Hall–Kier alpha value is -1.80. The van der Waals surface area contributed by atoms with Gasteiger partial charge in [-0.2, -0.15) is 0 Å². The molecule has 2 aromatic heterocycles. The van der Waals surface area contributed by atoms with Gasteiger partial charge in [0.2, 0.25) is 0 Å². The Morgan fingerprint density at radius 2 is 2.21 bits per heavy atom. The van der Waals surface area contributed by atoms with E-state index in [0.29, 0.717) is 6.04 Å². The van der Waals surface area contributed by atoms with Crippen molar-refractivity contribution in [2.75, 3.05) is 36.8 Å². The first-order chi connectivity index (χ1) is 13.7. The van der Waals surface area contributed by atoms with Crippen molar-refractivity contribution in [3.05, 3.63) is 35.5 Å². The second-order valence-corrected chi connectivity index (χ2v) is 9.04. The van der Waals surface area contributed by atoms with E-state index in [2.05, 4.69) is 44.6 Å². The topological polar surface area (TPSA) is 65.4 Å². The maximum atomic E-state index is 4.75. The molecule has 2 N–H and O–H groups in total. The van der Waals surface area contributed by atoms with Gasteiger partial charge in [-0.3, -0.25) is 4.99 Å². The zero-order valence-electron chi connectivity index (χ0n) is 16.7. The third-order valence-corrected chi connectivity index (χ3v) is 6.64. The summed E-state index contributed by atoms with van der Waals surface area (Å²) in [4.78, 5) is 16.1. The van der Waals surface area contributed by atoms with Gasteiger partial charge in [0.1, 0.15) is 10.2 Å². The number of anilines is 1. The van der Waals surface area contributed by atoms with E-state index in [-0.39, 0.29) is 0 Å². The van der Waals surface area contributed by atoms with Crippen molar-refractivity contribution >= 4 is 34.9 Å². The Bertz CT molecular complexity index is 726. The maximum Gasteiger partial charge on any atom is 0.191 e. The van der Waals surface area contributed by atoms with E-state index in [1.54, 1.807) is 11.3 Å². The molecular weight excluding hydrogens is 388 g/mol. The number of hydrogen-bond donors (Lipinski definition) is 2. The van der Waals surface area contributed by atoms with E-state index in [1.807, 2.05) is 36.3 Å². The van der Waals surface area contributed by atoms with Crippen LogP contribution in [-0.2, 0) is 0 Å². The van der Waals surface area contributed by atoms with E-state index >= 15 is 0 Å². The highest BCUT2D eigenvalue weighted by Gasteiger charge is 2.20. The lowest BCUT2D eigenvalue weighted by atomic mass is 10.1. The molecule has 0 spiro atoms. The number of aromatic nitrogens is 2. The highest BCUT2D eigenvalue weighted by Crippen LogP contribution is 2.20. The van der Waals surface area contributed by atoms with Crippen LogP contribution < -0.4 is 15.5 Å². The average molecular weight is 419 g/mol. The summed E-state index contributed by atoms with van der Waals surface area (Å²) < 4.78 is 1.14. The van der Waals surface area contributed by atoms with Crippen molar-refractivity contribution in [1.82, 2.24) is 20.6 Å². The van der Waals surface area contributed by atoms with Gasteiger partial charge < -0.3 is 15.5 Å². The van der Waals surface area contributed by atoms with Crippen molar-refractivity contribution in [3.8, 4) is 0 Å². The maximum absolute atomic E-state index is 4.75. The van der Waals surface area contributed by atoms with Crippen LogP contribution in [0.15, 0.2) is 39.1 Å². The van der Waals surface area contributed by atoms with Gasteiger partial charge >= 0.3 is 0 Å². The fourth-order valence-electron chi connectivity index (χ4n) is 3.17. The van der Waals surface area contributed by atoms with Crippen molar-refractivity contribution in [2.45, 2.75) is 43.5 Å². The number of piperidine rings is 1. The molecule has 1 aliphatic rings. The molecule has 0 unspecified atom stereocenters. The van der Waals surface area contributed by atoms with E-state index in [0.717, 1.165) is 73.0 Å². The molecule has 0 saturated carbocycles. The van der Waals surface area contributed by atoms with E-state index < -0.39 is 0 Å². The highest BCUT2D eigenvalue weighted by atomic mass is 32.2. The number of nitrogens with one attached hydrogen (secondary N) is 2. The monoisotopic (exact) mass is 418 g/mol. The van der Waals surface area contributed by atoms with Crippen LogP contribution >= 0.6 is 23.1 Å². The quantitative estimate of drug-likeness (QED) is 0.296. The largest absolute Gasteiger partial charge is 0.357 e. The van der Waals surface area contributed by atoms with Crippen LogP contribution in [-0.4, -0.2) is 53.9 Å². The Labute approximate surface area is 176 Å². The number of aryl methyl sites for hydroxylation is 1. The fraction of sp³-hybridized carbons (Fsp3) is 0.550. The first kappa shape index (κ1) is 20.9. The molecular formula is C20H30N6S2. The number of hydrogen-bond acceptors (Lipinski definition) is 6. The Morgan fingerprint density at radius 1 is 1.36 bits per heavy atom. The first-order valence-corrected chi connectivity index (χ1v) is 11.9. The van der Waals surface area contributed by atoms with Crippen LogP contribution in [0.2, 0.25) is 0 Å². The van der Waals surface area contributed by atoms with Gasteiger partial charge in [0, 0.05) is 55.2 Å². The van der Waals surface area contributed by atoms with Gasteiger partial charge in [0.15, 0.2) is 5.96 Å². The third-order valence-electron chi connectivity index (χ3n) is 4.59. The van der Waals surface area contributed by atoms with Crippen molar-refractivity contribution < 1.29 is 0 Å². The molecule has 8 heteroatoms. The molecule has 28 heavy (non-hydrogen) atoms. The number of nitrogens with zero attached hydrogens (tertiary/aromatic N) is 4. The average Bonchev–Trinajstić information content (AvgIpc) is 3.22. The normalized spacial score (nSPS) is 15.6. The van der Waals surface area contributed by atoms with Crippen LogP contribution in [0.4, 0.5) is 5.82 Å². The molecule has 1 aliphatic heterocycles. The lowest BCUT2D eigenvalue weighted by molar-refractivity contribution is 0.459. The summed E-state index contributed by atoms with van der Waals surface area (Å²) >= 11 is 3.51. The summed E-state index contributed by atoms with van der Waals surface area (Å²) in [6, 6.07) is 6.70. The van der Waals surface area contributed by atoms with Gasteiger partial charge in [-0.25, -0.2) is 9.97 Å². The van der Waals surface area contributed by atoms with E-state index in [4.69, 9.17) is 4.99 Å². The fourth-order valence-corrected chi connectivity index (χ4v) is 4.80. The third kappa shape index (κ3) is 6.67. The standard InChI is InChI=1S/C20H30N6S2/c1-3-21-19(22-10-5-14-27-20-23-11-15-28-20)25-17-8-12-26(13-9-17)18-7-4-6-16(2)24-18/h4,6-7,11,15,17H,3,5,8-10,12-14H2,1-2H3,(H2,21,22,25). The van der Waals surface area contributed by atoms with Crippen LogP contribution in [0.3, 0.4) is 0 Å². The predicted octanol–water partition coefficient (Wildman–Crippen LogP) is 3.55. The number of guanidine groups is 1. The summed E-state index contributed by atoms with van der Waals surface area (Å²) in [6.07, 6.45) is 5.11. The predicted molar refractivity (Wildman–Crippen MR) is 121 cm³/mol. The molecule has 0 aliphatic carbocycles. The summed E-state index contributed by atoms with van der Waals surface area (Å²) in [5, 5.41) is 9.02. The number of rotatable bonds is 8. The van der Waals surface area contributed by atoms with E-state index in [9.17, 15) is 0 Å². The lowest BCUT2D eigenvalue weighted by Crippen LogP contribution is -2.49. The summed E-state index contributed by atoms with van der Waals surface area (Å²) in [5.74, 6) is 3.09. The minimum absolute atomic E-state index is 0.462. The Balaban J connectivity index is 1.41. The first-order valence-electron chi connectivity index (χ1n) is 10.0. The molecule has 0 radical (unpaired) electrons. The molecule has 1 fully saturated rings. The number of pyridine rings is 1. The Morgan fingerprint density at radius 3 is 2.93 bits per heavy atom. The summed E-state index contributed by atoms with van der Waals surface area (Å²) in [6.45, 7) is 7.93. The molecule has 0 atom stereocenters. The lowest BCUT2D eigenvalue weighted by Gasteiger charge is -2.34. The second-order valence-electron chi connectivity index (χ2n) is 6.80. The number of aliphatic imine (C=N–C) groups is 1. The highest BCUT2D eigenvalue weighted by molar-refractivity contribution is 8.00. The van der Waals surface area contributed by atoms with E-state index in [1.165, 1.54) is 0 Å². The number of thioether (sulfide) groups is 1. The van der Waals surface area contributed by atoms with Crippen LogP contribution in [0.25, 0.3) is 0 Å². The van der Waals surface area contributed by atoms with Crippen molar-refractivity contribution in [3.63, 3.8) is 0 Å². The molecule has 152 valence electrons. The molecule has 0 aromatic carbocycles. The molecule has 0 bridgehead atoms.